The molecule has 0 aliphatic carbocycles. The van der Waals surface area contributed by atoms with Crippen molar-refractivity contribution < 1.29 is 4.79 Å². The molecule has 0 saturated heterocycles. The summed E-state index contributed by atoms with van der Waals surface area (Å²) in [7, 11) is 0. The van der Waals surface area contributed by atoms with Gasteiger partial charge < -0.3 is 4.90 Å². The van der Waals surface area contributed by atoms with Crippen LogP contribution in [0.25, 0.3) is 0 Å². The molecule has 0 saturated carbocycles. The summed E-state index contributed by atoms with van der Waals surface area (Å²) < 4.78 is 0. The molecule has 4 nitrogen and oxygen atoms in total. The fraction of sp³-hybridized carbons (Fsp3) is 0.294. The van der Waals surface area contributed by atoms with Crippen molar-refractivity contribution in [2.75, 3.05) is 18.0 Å². The molecule has 2 aromatic rings. The van der Waals surface area contributed by atoms with E-state index in [0.29, 0.717) is 24.7 Å². The van der Waals surface area contributed by atoms with Crippen molar-refractivity contribution in [3.63, 3.8) is 0 Å². The molecule has 0 aliphatic heterocycles. The molecular weight excluding hydrogens is 298 g/mol. The lowest BCUT2D eigenvalue weighted by molar-refractivity contribution is 0.209. The van der Waals surface area contributed by atoms with Gasteiger partial charge in [0, 0.05) is 36.2 Å². The van der Waals surface area contributed by atoms with E-state index in [0.717, 1.165) is 11.3 Å². The van der Waals surface area contributed by atoms with E-state index < -0.39 is 0 Å². The standard InChI is InChI=1S/C17H20ClN3O/c1-3-20(4-2)17(22)21(13-14-6-5-11-19-12-14)16-9-7-15(18)8-10-16/h5-12H,3-4,13H2,1-2H3. The van der Waals surface area contributed by atoms with Gasteiger partial charge in [-0.1, -0.05) is 17.7 Å². The third-order valence-corrected chi connectivity index (χ3v) is 3.72. The number of halogens is 1. The fourth-order valence-corrected chi connectivity index (χ4v) is 2.36. The number of nitrogens with zero attached hydrogens (tertiary/aromatic N) is 3. The SMILES string of the molecule is CCN(CC)C(=O)N(Cc1cccnc1)c1ccc(Cl)cc1. The van der Waals surface area contributed by atoms with Crippen LogP contribution in [0.15, 0.2) is 48.8 Å². The van der Waals surface area contributed by atoms with Crippen molar-refractivity contribution in [1.29, 1.82) is 0 Å². The van der Waals surface area contributed by atoms with Crippen LogP contribution in [0.5, 0.6) is 0 Å². The smallest absolute Gasteiger partial charge is 0.324 e. The molecule has 116 valence electrons. The summed E-state index contributed by atoms with van der Waals surface area (Å²) in [6.07, 6.45) is 3.50. The van der Waals surface area contributed by atoms with Crippen LogP contribution in [0.1, 0.15) is 19.4 Å². The first kappa shape index (κ1) is 16.3. The third kappa shape index (κ3) is 3.98. The lowest BCUT2D eigenvalue weighted by Gasteiger charge is -2.29. The number of urea groups is 1. The number of aromatic nitrogens is 1. The van der Waals surface area contributed by atoms with Crippen LogP contribution < -0.4 is 4.90 Å². The molecule has 0 aliphatic rings. The molecule has 22 heavy (non-hydrogen) atoms. The molecule has 5 heteroatoms. The largest absolute Gasteiger partial charge is 0.325 e. The third-order valence-electron chi connectivity index (χ3n) is 3.47. The Balaban J connectivity index is 2.31. The van der Waals surface area contributed by atoms with E-state index in [1.807, 2.05) is 38.1 Å². The van der Waals surface area contributed by atoms with Crippen LogP contribution in [0, 0.1) is 0 Å². The summed E-state index contributed by atoms with van der Waals surface area (Å²) in [6, 6.07) is 11.1. The van der Waals surface area contributed by atoms with E-state index in [9.17, 15) is 4.79 Å². The average molecular weight is 318 g/mol. The van der Waals surface area contributed by atoms with Gasteiger partial charge in [0.15, 0.2) is 0 Å². The van der Waals surface area contributed by atoms with Crippen LogP contribution in [0.4, 0.5) is 10.5 Å². The Kier molecular flexibility index (Phi) is 5.78. The van der Waals surface area contributed by atoms with Crippen LogP contribution in [-0.2, 0) is 6.54 Å². The van der Waals surface area contributed by atoms with Crippen LogP contribution >= 0.6 is 11.6 Å². The van der Waals surface area contributed by atoms with E-state index in [4.69, 9.17) is 11.6 Å². The van der Waals surface area contributed by atoms with E-state index in [2.05, 4.69) is 4.98 Å². The highest BCUT2D eigenvalue weighted by Crippen LogP contribution is 2.21. The van der Waals surface area contributed by atoms with Gasteiger partial charge in [-0.2, -0.15) is 0 Å². The van der Waals surface area contributed by atoms with Gasteiger partial charge in [0.05, 0.1) is 6.54 Å². The summed E-state index contributed by atoms with van der Waals surface area (Å²) in [4.78, 5) is 20.5. The first-order chi connectivity index (χ1) is 10.7. The van der Waals surface area contributed by atoms with Crippen molar-refractivity contribution in [2.45, 2.75) is 20.4 Å². The minimum atomic E-state index is -0.0174. The lowest BCUT2D eigenvalue weighted by Crippen LogP contribution is -2.42. The maximum atomic E-state index is 12.8. The summed E-state index contributed by atoms with van der Waals surface area (Å²) in [5.41, 5.74) is 1.81. The molecule has 1 heterocycles. The normalized spacial score (nSPS) is 10.3. The number of benzene rings is 1. The summed E-state index contributed by atoms with van der Waals surface area (Å²) in [5, 5.41) is 0.653. The van der Waals surface area contributed by atoms with Gasteiger partial charge in [0.2, 0.25) is 0 Å². The second-order valence-electron chi connectivity index (χ2n) is 4.88. The maximum absolute atomic E-state index is 12.8. The molecule has 0 fully saturated rings. The molecule has 0 bridgehead atoms. The predicted octanol–water partition coefficient (Wildman–Crippen LogP) is 4.20. The minimum absolute atomic E-state index is 0.0174. The predicted molar refractivity (Wildman–Crippen MR) is 90.2 cm³/mol. The van der Waals surface area contributed by atoms with Crippen LogP contribution in [0.2, 0.25) is 5.02 Å². The Labute approximate surface area is 136 Å². The number of amides is 2. The summed E-state index contributed by atoms with van der Waals surface area (Å²) in [5.74, 6) is 0. The molecule has 1 aromatic carbocycles. The molecule has 0 spiro atoms. The molecule has 0 unspecified atom stereocenters. The van der Waals surface area contributed by atoms with Crippen LogP contribution in [-0.4, -0.2) is 29.0 Å². The van der Waals surface area contributed by atoms with Crippen molar-refractivity contribution in [3.8, 4) is 0 Å². The number of anilines is 1. The minimum Gasteiger partial charge on any atom is -0.325 e. The first-order valence-electron chi connectivity index (χ1n) is 7.36. The lowest BCUT2D eigenvalue weighted by atomic mass is 10.2. The van der Waals surface area contributed by atoms with Crippen molar-refractivity contribution in [3.05, 3.63) is 59.4 Å². The molecule has 0 radical (unpaired) electrons. The molecule has 2 amide bonds. The number of rotatable bonds is 5. The fourth-order valence-electron chi connectivity index (χ4n) is 2.23. The van der Waals surface area contributed by atoms with Crippen LogP contribution in [0.3, 0.4) is 0 Å². The van der Waals surface area contributed by atoms with Gasteiger partial charge in [-0.15, -0.1) is 0 Å². The number of carbonyl (C=O) groups is 1. The van der Waals surface area contributed by atoms with E-state index in [1.165, 1.54) is 0 Å². The Hall–Kier alpha value is -2.07. The zero-order valence-electron chi connectivity index (χ0n) is 12.9. The number of hydrogen-bond donors (Lipinski definition) is 0. The molecular formula is C17H20ClN3O. The molecule has 0 N–H and O–H groups in total. The Morgan fingerprint density at radius 1 is 1.14 bits per heavy atom. The monoisotopic (exact) mass is 317 g/mol. The highest BCUT2D eigenvalue weighted by atomic mass is 35.5. The quantitative estimate of drug-likeness (QED) is 0.828. The number of carbonyl (C=O) groups excluding carboxylic acids is 1. The molecule has 0 atom stereocenters. The van der Waals surface area contributed by atoms with Gasteiger partial charge in [0.25, 0.3) is 0 Å². The topological polar surface area (TPSA) is 36.4 Å². The maximum Gasteiger partial charge on any atom is 0.324 e. The highest BCUT2D eigenvalue weighted by molar-refractivity contribution is 6.30. The zero-order valence-corrected chi connectivity index (χ0v) is 13.6. The van der Waals surface area contributed by atoms with Gasteiger partial charge in [-0.05, 0) is 49.7 Å². The molecule has 1 aromatic heterocycles. The van der Waals surface area contributed by atoms with E-state index in [1.54, 1.807) is 34.3 Å². The second-order valence-corrected chi connectivity index (χ2v) is 5.32. The molecule has 2 rings (SSSR count). The Morgan fingerprint density at radius 3 is 2.36 bits per heavy atom. The van der Waals surface area contributed by atoms with Gasteiger partial charge in [-0.3, -0.25) is 9.88 Å². The van der Waals surface area contributed by atoms with E-state index >= 15 is 0 Å². The summed E-state index contributed by atoms with van der Waals surface area (Å²) in [6.45, 7) is 5.78. The second kappa shape index (κ2) is 7.80. The number of hydrogen-bond acceptors (Lipinski definition) is 2. The Bertz CT molecular complexity index is 597. The zero-order chi connectivity index (χ0) is 15.9. The summed E-state index contributed by atoms with van der Waals surface area (Å²) >= 11 is 5.95. The highest BCUT2D eigenvalue weighted by Gasteiger charge is 2.20. The van der Waals surface area contributed by atoms with Gasteiger partial charge in [-0.25, -0.2) is 4.79 Å². The van der Waals surface area contributed by atoms with Crippen molar-refractivity contribution in [2.24, 2.45) is 0 Å². The average Bonchev–Trinajstić information content (AvgIpc) is 2.55. The van der Waals surface area contributed by atoms with Crippen molar-refractivity contribution in [1.82, 2.24) is 9.88 Å². The number of pyridine rings is 1. The van der Waals surface area contributed by atoms with Gasteiger partial charge in [0.1, 0.15) is 0 Å². The Morgan fingerprint density at radius 2 is 1.82 bits per heavy atom. The first-order valence-corrected chi connectivity index (χ1v) is 7.74. The van der Waals surface area contributed by atoms with Crippen molar-refractivity contribution >= 4 is 23.3 Å². The van der Waals surface area contributed by atoms with E-state index in [-0.39, 0.29) is 6.03 Å². The van der Waals surface area contributed by atoms with Gasteiger partial charge >= 0.3 is 6.03 Å².